The largest absolute Gasteiger partial charge is 0.352 e. The normalized spacial score (nSPS) is 12.3. The van der Waals surface area contributed by atoms with Crippen LogP contribution in [0.3, 0.4) is 0 Å². The minimum Gasteiger partial charge on any atom is -0.352 e. The first-order chi connectivity index (χ1) is 19.3. The molecule has 9 heteroatoms. The molecule has 0 heterocycles. The van der Waals surface area contributed by atoms with Crippen LogP contribution in [0.25, 0.3) is 0 Å². The summed E-state index contributed by atoms with van der Waals surface area (Å²) in [6, 6.07) is 21.8. The Labute approximate surface area is 245 Å². The van der Waals surface area contributed by atoms with Crippen LogP contribution in [0.15, 0.2) is 72.8 Å². The van der Waals surface area contributed by atoms with Gasteiger partial charge in [0.2, 0.25) is 11.8 Å². The fraction of sp³-hybridized carbons (Fsp3) is 0.375. The average molecular weight is 579 g/mol. The van der Waals surface area contributed by atoms with Crippen molar-refractivity contribution in [3.63, 3.8) is 0 Å². The van der Waals surface area contributed by atoms with Crippen LogP contribution in [-0.2, 0) is 32.8 Å². The fourth-order valence-electron chi connectivity index (χ4n) is 4.51. The van der Waals surface area contributed by atoms with Crippen LogP contribution < -0.4 is 9.62 Å². The predicted molar refractivity (Wildman–Crippen MR) is 165 cm³/mol. The summed E-state index contributed by atoms with van der Waals surface area (Å²) in [6.07, 6.45) is 0.279. The van der Waals surface area contributed by atoms with Gasteiger partial charge in [-0.2, -0.15) is 12.7 Å². The lowest BCUT2D eigenvalue weighted by Gasteiger charge is -2.35. The molecule has 0 aliphatic heterocycles. The molecule has 1 atom stereocenters. The highest BCUT2D eigenvalue weighted by molar-refractivity contribution is 7.90. The molecule has 0 radical (unpaired) electrons. The summed E-state index contributed by atoms with van der Waals surface area (Å²) in [5, 5.41) is 2.97. The van der Waals surface area contributed by atoms with Crippen LogP contribution in [0.5, 0.6) is 0 Å². The minimum absolute atomic E-state index is 0.141. The minimum atomic E-state index is -4.04. The monoisotopic (exact) mass is 578 g/mol. The third kappa shape index (κ3) is 8.41. The Kier molecular flexibility index (Phi) is 10.7. The summed E-state index contributed by atoms with van der Waals surface area (Å²) in [4.78, 5) is 29.5. The van der Waals surface area contributed by atoms with E-state index in [-0.39, 0.29) is 24.9 Å². The highest BCUT2D eigenvalue weighted by atomic mass is 32.2. The Balaban J connectivity index is 2.12. The second-order valence-electron chi connectivity index (χ2n) is 11.0. The Morgan fingerprint density at radius 3 is 2.02 bits per heavy atom. The molecule has 0 aliphatic rings. The van der Waals surface area contributed by atoms with E-state index in [2.05, 4.69) is 5.32 Å². The van der Waals surface area contributed by atoms with Crippen molar-refractivity contribution in [3.05, 3.63) is 101 Å². The number of amides is 2. The van der Waals surface area contributed by atoms with E-state index in [1.165, 1.54) is 19.0 Å². The summed E-state index contributed by atoms with van der Waals surface area (Å²) in [7, 11) is -1.16. The summed E-state index contributed by atoms with van der Waals surface area (Å²) < 4.78 is 29.4. The van der Waals surface area contributed by atoms with E-state index >= 15 is 0 Å². The molecule has 3 aromatic carbocycles. The van der Waals surface area contributed by atoms with E-state index in [0.29, 0.717) is 5.69 Å². The zero-order chi connectivity index (χ0) is 30.3. The number of hydrogen-bond acceptors (Lipinski definition) is 4. The quantitative estimate of drug-likeness (QED) is 0.345. The number of benzene rings is 3. The number of rotatable bonds is 12. The maximum atomic E-state index is 14.3. The van der Waals surface area contributed by atoms with Crippen molar-refractivity contribution in [1.82, 2.24) is 14.5 Å². The third-order valence-electron chi connectivity index (χ3n) is 6.83. The maximum absolute atomic E-state index is 14.3. The van der Waals surface area contributed by atoms with Crippen molar-refractivity contribution in [2.45, 2.75) is 59.7 Å². The van der Waals surface area contributed by atoms with Crippen molar-refractivity contribution >= 4 is 27.7 Å². The zero-order valence-corrected chi connectivity index (χ0v) is 25.9. The highest BCUT2D eigenvalue weighted by Crippen LogP contribution is 2.26. The molecule has 0 bridgehead atoms. The zero-order valence-electron chi connectivity index (χ0n) is 25.1. The van der Waals surface area contributed by atoms with Gasteiger partial charge in [-0.05, 0) is 62.9 Å². The van der Waals surface area contributed by atoms with Crippen LogP contribution in [0.2, 0.25) is 0 Å². The lowest BCUT2D eigenvalue weighted by atomic mass is 10.0. The van der Waals surface area contributed by atoms with E-state index in [1.807, 2.05) is 101 Å². The molecule has 41 heavy (non-hydrogen) atoms. The van der Waals surface area contributed by atoms with Gasteiger partial charge in [0.25, 0.3) is 0 Å². The summed E-state index contributed by atoms with van der Waals surface area (Å²) in [5.74, 6) is -0.769. The van der Waals surface area contributed by atoms with E-state index in [1.54, 1.807) is 6.07 Å². The van der Waals surface area contributed by atoms with Crippen molar-refractivity contribution in [1.29, 1.82) is 0 Å². The van der Waals surface area contributed by atoms with Crippen molar-refractivity contribution in [3.8, 4) is 0 Å². The van der Waals surface area contributed by atoms with E-state index in [0.717, 1.165) is 36.4 Å². The molecule has 3 aromatic rings. The topological polar surface area (TPSA) is 90.0 Å². The molecule has 220 valence electrons. The SMILES string of the molecule is Cc1ccc(CN(C(=O)CN(c2cc(C)ccc2C)S(=O)(=O)N(C)C)C(Cc2ccccc2)C(=O)NC(C)C)cc1. The lowest BCUT2D eigenvalue weighted by molar-refractivity contribution is -0.140. The van der Waals surface area contributed by atoms with Crippen LogP contribution in [-0.4, -0.2) is 62.2 Å². The van der Waals surface area contributed by atoms with Gasteiger partial charge < -0.3 is 10.2 Å². The average Bonchev–Trinajstić information content (AvgIpc) is 2.91. The number of aryl methyl sites for hydroxylation is 3. The Morgan fingerprint density at radius 1 is 0.829 bits per heavy atom. The van der Waals surface area contributed by atoms with Crippen molar-refractivity contribution < 1.29 is 18.0 Å². The van der Waals surface area contributed by atoms with E-state index < -0.39 is 28.7 Å². The van der Waals surface area contributed by atoms with Gasteiger partial charge in [-0.15, -0.1) is 0 Å². The van der Waals surface area contributed by atoms with Crippen LogP contribution in [0.4, 0.5) is 5.69 Å². The molecule has 0 saturated carbocycles. The van der Waals surface area contributed by atoms with Gasteiger partial charge in [0.1, 0.15) is 12.6 Å². The number of carbonyl (C=O) groups excluding carboxylic acids is 2. The Hall–Kier alpha value is -3.69. The third-order valence-corrected chi connectivity index (χ3v) is 8.63. The molecular weight excluding hydrogens is 536 g/mol. The van der Waals surface area contributed by atoms with Gasteiger partial charge in [0.05, 0.1) is 5.69 Å². The van der Waals surface area contributed by atoms with Crippen LogP contribution >= 0.6 is 0 Å². The van der Waals surface area contributed by atoms with Gasteiger partial charge >= 0.3 is 10.2 Å². The van der Waals surface area contributed by atoms with Gasteiger partial charge in [-0.3, -0.25) is 9.59 Å². The van der Waals surface area contributed by atoms with E-state index in [9.17, 15) is 18.0 Å². The molecule has 0 spiro atoms. The lowest BCUT2D eigenvalue weighted by Crippen LogP contribution is -2.55. The van der Waals surface area contributed by atoms with Crippen molar-refractivity contribution in [2.75, 3.05) is 24.9 Å². The maximum Gasteiger partial charge on any atom is 0.304 e. The van der Waals surface area contributed by atoms with Gasteiger partial charge in [0.15, 0.2) is 0 Å². The molecule has 0 aromatic heterocycles. The van der Waals surface area contributed by atoms with Crippen LogP contribution in [0, 0.1) is 20.8 Å². The molecule has 8 nitrogen and oxygen atoms in total. The molecule has 0 aliphatic carbocycles. The number of anilines is 1. The second kappa shape index (κ2) is 13.8. The first-order valence-electron chi connectivity index (χ1n) is 13.8. The number of nitrogens with one attached hydrogen (secondary N) is 1. The van der Waals surface area contributed by atoms with Gasteiger partial charge in [0, 0.05) is 33.1 Å². The van der Waals surface area contributed by atoms with Gasteiger partial charge in [-0.1, -0.05) is 72.3 Å². The smallest absolute Gasteiger partial charge is 0.304 e. The number of hydrogen-bond donors (Lipinski definition) is 1. The molecule has 1 N–H and O–H groups in total. The number of nitrogens with zero attached hydrogens (tertiary/aromatic N) is 3. The van der Waals surface area contributed by atoms with Crippen molar-refractivity contribution in [2.24, 2.45) is 0 Å². The standard InChI is InChI=1S/C32H42N4O4S/c1-23(2)33-32(38)30(20-27-11-9-8-10-12-27)35(21-28-17-14-24(3)15-18-28)31(37)22-36(41(39,40)34(6)7)29-19-25(4)13-16-26(29)5/h8-19,23,30H,20-22H2,1-7H3,(H,33,38). The number of carbonyl (C=O) groups is 2. The summed E-state index contributed by atoms with van der Waals surface area (Å²) >= 11 is 0. The molecule has 0 saturated heterocycles. The second-order valence-corrected chi connectivity index (χ2v) is 13.0. The first kappa shape index (κ1) is 31.8. The van der Waals surface area contributed by atoms with Gasteiger partial charge in [-0.25, -0.2) is 4.31 Å². The molecule has 2 amide bonds. The van der Waals surface area contributed by atoms with E-state index in [4.69, 9.17) is 0 Å². The summed E-state index contributed by atoms with van der Waals surface area (Å²) in [5.41, 5.74) is 4.82. The summed E-state index contributed by atoms with van der Waals surface area (Å²) in [6.45, 7) is 9.10. The molecule has 0 fully saturated rings. The van der Waals surface area contributed by atoms with Crippen LogP contribution in [0.1, 0.15) is 41.7 Å². The fourth-order valence-corrected chi connectivity index (χ4v) is 5.63. The molecule has 1 unspecified atom stereocenters. The Morgan fingerprint density at radius 2 is 1.44 bits per heavy atom. The highest BCUT2D eigenvalue weighted by Gasteiger charge is 2.35. The predicted octanol–water partition coefficient (Wildman–Crippen LogP) is 4.39. The molecule has 3 rings (SSSR count). The Bertz CT molecular complexity index is 1440. The molecular formula is C32H42N4O4S. The first-order valence-corrected chi connectivity index (χ1v) is 15.2.